The van der Waals surface area contributed by atoms with Gasteiger partial charge in [-0.05, 0) is 12.3 Å². The van der Waals surface area contributed by atoms with Crippen molar-refractivity contribution in [2.75, 3.05) is 7.11 Å². The summed E-state index contributed by atoms with van der Waals surface area (Å²) in [5.41, 5.74) is -0.0666. The van der Waals surface area contributed by atoms with E-state index in [2.05, 4.69) is 25.4 Å². The van der Waals surface area contributed by atoms with E-state index in [0.717, 1.165) is 6.42 Å². The van der Waals surface area contributed by atoms with Crippen molar-refractivity contribution in [2.24, 2.45) is 16.3 Å². The maximum absolute atomic E-state index is 11.5. The van der Waals surface area contributed by atoms with Crippen LogP contribution in [0.25, 0.3) is 0 Å². The van der Waals surface area contributed by atoms with Crippen LogP contribution in [0.4, 0.5) is 0 Å². The zero-order valence-corrected chi connectivity index (χ0v) is 11.0. The molecule has 0 aliphatic carbocycles. The van der Waals surface area contributed by atoms with Gasteiger partial charge in [0.05, 0.1) is 7.11 Å². The molecule has 0 spiro atoms. The van der Waals surface area contributed by atoms with Crippen LogP contribution in [0.15, 0.2) is 17.6 Å². The summed E-state index contributed by atoms with van der Waals surface area (Å²) in [5, 5.41) is 0. The van der Waals surface area contributed by atoms with E-state index in [0.29, 0.717) is 0 Å². The highest BCUT2D eigenvalue weighted by Gasteiger charge is 2.22. The Kier molecular flexibility index (Phi) is 6.01. The third kappa shape index (κ3) is 5.10. The summed E-state index contributed by atoms with van der Waals surface area (Å²) >= 11 is 0. The average Bonchev–Trinajstić information content (AvgIpc) is 2.16. The standard InChI is InChI=1S/C13H23NO2/c1-7-8-13(4,5)9-14-11(10(2)3)12(15)16-6/h7,9-11H,1,8H2,2-6H3/t11-/m0/s1. The number of nitrogens with zero attached hydrogens (tertiary/aromatic N) is 1. The maximum Gasteiger partial charge on any atom is 0.330 e. The number of ether oxygens (including phenoxy) is 1. The molecule has 0 unspecified atom stereocenters. The number of allylic oxidation sites excluding steroid dienone is 1. The molecule has 0 rings (SSSR count). The van der Waals surface area contributed by atoms with Crippen LogP contribution < -0.4 is 0 Å². The highest BCUT2D eigenvalue weighted by Crippen LogP contribution is 2.19. The molecule has 16 heavy (non-hydrogen) atoms. The quantitative estimate of drug-likeness (QED) is 0.396. The van der Waals surface area contributed by atoms with Crippen molar-refractivity contribution in [3.63, 3.8) is 0 Å². The number of carbonyl (C=O) groups excluding carboxylic acids is 1. The van der Waals surface area contributed by atoms with Gasteiger partial charge in [0.25, 0.3) is 0 Å². The van der Waals surface area contributed by atoms with Crippen molar-refractivity contribution in [2.45, 2.75) is 40.2 Å². The number of rotatable bonds is 6. The highest BCUT2D eigenvalue weighted by molar-refractivity contribution is 5.79. The molecule has 0 aromatic heterocycles. The van der Waals surface area contributed by atoms with E-state index in [1.807, 2.05) is 26.1 Å². The van der Waals surface area contributed by atoms with E-state index in [1.54, 1.807) is 0 Å². The van der Waals surface area contributed by atoms with Crippen LogP contribution in [0, 0.1) is 11.3 Å². The number of esters is 1. The Bertz CT molecular complexity index is 267. The van der Waals surface area contributed by atoms with Crippen molar-refractivity contribution >= 4 is 12.2 Å². The summed E-state index contributed by atoms with van der Waals surface area (Å²) in [5.74, 6) is -0.135. The SMILES string of the molecule is C=CCC(C)(C)C=N[C@H](C(=O)OC)C(C)C. The fraction of sp³-hybridized carbons (Fsp3) is 0.692. The molecule has 0 bridgehead atoms. The minimum absolute atomic E-state index is 0.0666. The van der Waals surface area contributed by atoms with Crippen LogP contribution in [0.1, 0.15) is 34.1 Å². The first-order valence-corrected chi connectivity index (χ1v) is 5.57. The lowest BCUT2D eigenvalue weighted by atomic mass is 9.91. The molecule has 0 aliphatic rings. The average molecular weight is 225 g/mol. The number of hydrogen-bond donors (Lipinski definition) is 0. The van der Waals surface area contributed by atoms with E-state index in [4.69, 9.17) is 4.74 Å². The third-order valence-electron chi connectivity index (χ3n) is 2.33. The van der Waals surface area contributed by atoms with Gasteiger partial charge in [-0.15, -0.1) is 6.58 Å². The van der Waals surface area contributed by atoms with E-state index >= 15 is 0 Å². The molecule has 0 aliphatic heterocycles. The fourth-order valence-electron chi connectivity index (χ4n) is 1.33. The summed E-state index contributed by atoms with van der Waals surface area (Å²) in [6.45, 7) is 11.7. The monoisotopic (exact) mass is 225 g/mol. The van der Waals surface area contributed by atoms with Crippen LogP contribution in [-0.4, -0.2) is 25.3 Å². The lowest BCUT2D eigenvalue weighted by Crippen LogP contribution is -2.27. The normalized spacial score (nSPS) is 14.1. The minimum Gasteiger partial charge on any atom is -0.467 e. The summed E-state index contributed by atoms with van der Waals surface area (Å²) in [4.78, 5) is 15.8. The van der Waals surface area contributed by atoms with E-state index in [1.165, 1.54) is 7.11 Å². The van der Waals surface area contributed by atoms with Gasteiger partial charge in [0.2, 0.25) is 0 Å². The number of methoxy groups -OCH3 is 1. The zero-order chi connectivity index (χ0) is 12.8. The van der Waals surface area contributed by atoms with Gasteiger partial charge in [-0.1, -0.05) is 33.8 Å². The molecule has 1 atom stereocenters. The topological polar surface area (TPSA) is 38.7 Å². The van der Waals surface area contributed by atoms with Crippen LogP contribution in [0.5, 0.6) is 0 Å². The molecule has 0 fully saturated rings. The number of aliphatic imine (C=N–C) groups is 1. The minimum atomic E-state index is -0.408. The highest BCUT2D eigenvalue weighted by atomic mass is 16.5. The largest absolute Gasteiger partial charge is 0.467 e. The molecule has 0 saturated carbocycles. The van der Waals surface area contributed by atoms with Crippen molar-refractivity contribution in [3.8, 4) is 0 Å². The maximum atomic E-state index is 11.5. The summed E-state index contributed by atoms with van der Waals surface area (Å²) < 4.78 is 4.73. The Morgan fingerprint density at radius 1 is 1.50 bits per heavy atom. The number of carbonyl (C=O) groups is 1. The van der Waals surface area contributed by atoms with Gasteiger partial charge in [-0.3, -0.25) is 4.99 Å². The Hall–Kier alpha value is -1.12. The first-order valence-electron chi connectivity index (χ1n) is 5.57. The molecule has 0 N–H and O–H groups in total. The van der Waals surface area contributed by atoms with Gasteiger partial charge in [0, 0.05) is 11.6 Å². The van der Waals surface area contributed by atoms with Crippen LogP contribution in [-0.2, 0) is 9.53 Å². The Labute approximate surface area is 98.6 Å². The predicted molar refractivity (Wildman–Crippen MR) is 67.7 cm³/mol. The molecule has 0 saturated heterocycles. The van der Waals surface area contributed by atoms with Gasteiger partial charge < -0.3 is 4.74 Å². The Morgan fingerprint density at radius 2 is 2.06 bits per heavy atom. The molecule has 92 valence electrons. The predicted octanol–water partition coefficient (Wildman–Crippen LogP) is 2.86. The van der Waals surface area contributed by atoms with Crippen molar-refractivity contribution in [1.82, 2.24) is 0 Å². The second kappa shape index (κ2) is 6.46. The van der Waals surface area contributed by atoms with Crippen molar-refractivity contribution < 1.29 is 9.53 Å². The fourth-order valence-corrected chi connectivity index (χ4v) is 1.33. The van der Waals surface area contributed by atoms with Gasteiger partial charge in [0.1, 0.15) is 6.04 Å². The van der Waals surface area contributed by atoms with Crippen molar-refractivity contribution in [3.05, 3.63) is 12.7 Å². The van der Waals surface area contributed by atoms with Crippen LogP contribution >= 0.6 is 0 Å². The first kappa shape index (κ1) is 14.9. The molecular formula is C13H23NO2. The molecule has 0 aromatic rings. The molecule has 0 heterocycles. The smallest absolute Gasteiger partial charge is 0.330 e. The van der Waals surface area contributed by atoms with Gasteiger partial charge in [0.15, 0.2) is 0 Å². The molecule has 0 amide bonds. The Morgan fingerprint density at radius 3 is 2.44 bits per heavy atom. The second-order valence-corrected chi connectivity index (χ2v) is 4.97. The first-order chi connectivity index (χ1) is 7.34. The van der Waals surface area contributed by atoms with Gasteiger partial charge in [-0.25, -0.2) is 4.79 Å². The molecule has 0 aromatic carbocycles. The van der Waals surface area contributed by atoms with Crippen LogP contribution in [0.2, 0.25) is 0 Å². The molecule has 3 nitrogen and oxygen atoms in total. The lowest BCUT2D eigenvalue weighted by molar-refractivity contribution is -0.143. The number of hydrogen-bond acceptors (Lipinski definition) is 3. The second-order valence-electron chi connectivity index (χ2n) is 4.97. The summed E-state index contributed by atoms with van der Waals surface area (Å²) in [6, 6.07) is -0.408. The summed E-state index contributed by atoms with van der Waals surface area (Å²) in [6.07, 6.45) is 4.52. The lowest BCUT2D eigenvalue weighted by Gasteiger charge is -2.19. The van der Waals surface area contributed by atoms with E-state index < -0.39 is 6.04 Å². The van der Waals surface area contributed by atoms with Gasteiger partial charge >= 0.3 is 5.97 Å². The zero-order valence-electron chi connectivity index (χ0n) is 11.0. The third-order valence-corrected chi connectivity index (χ3v) is 2.33. The van der Waals surface area contributed by atoms with E-state index in [9.17, 15) is 4.79 Å². The molecule has 3 heteroatoms. The van der Waals surface area contributed by atoms with Crippen LogP contribution in [0.3, 0.4) is 0 Å². The summed E-state index contributed by atoms with van der Waals surface area (Å²) in [7, 11) is 1.39. The van der Waals surface area contributed by atoms with Gasteiger partial charge in [-0.2, -0.15) is 0 Å². The Balaban J connectivity index is 4.68. The van der Waals surface area contributed by atoms with Crippen molar-refractivity contribution in [1.29, 1.82) is 0 Å². The molecule has 0 radical (unpaired) electrons. The molecular weight excluding hydrogens is 202 g/mol. The van der Waals surface area contributed by atoms with E-state index in [-0.39, 0.29) is 17.3 Å².